The molecule has 23 heavy (non-hydrogen) atoms. The average molecular weight is 309 g/mol. The Hall–Kier alpha value is -1.82. The molecule has 0 spiro atoms. The molecular formula is C23H32. The SMILES string of the molecule is C=C(C)C(C)(C)c1ccc(C)cc1.CCc1ccc(C)c(C)c1. The molecule has 0 unspecified atom stereocenters. The maximum atomic E-state index is 4.03. The third-order valence-electron chi connectivity index (χ3n) is 4.82. The molecule has 0 heterocycles. The monoisotopic (exact) mass is 308 g/mol. The van der Waals surface area contributed by atoms with Crippen LogP contribution in [0.15, 0.2) is 54.6 Å². The van der Waals surface area contributed by atoms with Crippen LogP contribution >= 0.6 is 0 Å². The molecule has 0 amide bonds. The molecule has 0 aliphatic heterocycles. The smallest absolute Gasteiger partial charge is 0.00996 e. The van der Waals surface area contributed by atoms with E-state index in [-0.39, 0.29) is 5.41 Å². The van der Waals surface area contributed by atoms with E-state index < -0.39 is 0 Å². The van der Waals surface area contributed by atoms with Crippen LogP contribution in [0.5, 0.6) is 0 Å². The first-order chi connectivity index (χ1) is 10.7. The summed E-state index contributed by atoms with van der Waals surface area (Å²) >= 11 is 0. The van der Waals surface area contributed by atoms with Gasteiger partial charge in [-0.1, -0.05) is 81.0 Å². The summed E-state index contributed by atoms with van der Waals surface area (Å²) in [5.41, 5.74) is 8.16. The normalized spacial score (nSPS) is 10.7. The summed E-state index contributed by atoms with van der Waals surface area (Å²) in [4.78, 5) is 0. The van der Waals surface area contributed by atoms with Crippen molar-refractivity contribution in [2.24, 2.45) is 0 Å². The highest BCUT2D eigenvalue weighted by atomic mass is 14.2. The van der Waals surface area contributed by atoms with Crippen molar-refractivity contribution in [3.8, 4) is 0 Å². The van der Waals surface area contributed by atoms with E-state index in [4.69, 9.17) is 0 Å². The lowest BCUT2D eigenvalue weighted by atomic mass is 9.79. The molecule has 0 aliphatic rings. The zero-order valence-corrected chi connectivity index (χ0v) is 16.0. The first-order valence-electron chi connectivity index (χ1n) is 8.47. The molecule has 0 saturated heterocycles. The standard InChI is InChI=1S/C13H18.C10H14/c1-10(2)13(4,5)12-8-6-11(3)7-9-12;1-4-10-6-5-8(2)9(3)7-10/h6-9H,1H2,2-5H3;5-7H,4H2,1-3H3. The van der Waals surface area contributed by atoms with Gasteiger partial charge in [-0.2, -0.15) is 0 Å². The van der Waals surface area contributed by atoms with Gasteiger partial charge >= 0.3 is 0 Å². The number of hydrogen-bond acceptors (Lipinski definition) is 0. The molecule has 0 N–H and O–H groups in total. The van der Waals surface area contributed by atoms with Crippen LogP contribution < -0.4 is 0 Å². The molecule has 2 aromatic carbocycles. The van der Waals surface area contributed by atoms with Gasteiger partial charge in [-0.25, -0.2) is 0 Å². The van der Waals surface area contributed by atoms with Crippen LogP contribution in [0, 0.1) is 20.8 Å². The van der Waals surface area contributed by atoms with Gasteiger partial charge in [0.2, 0.25) is 0 Å². The van der Waals surface area contributed by atoms with E-state index in [2.05, 4.69) is 97.5 Å². The summed E-state index contributed by atoms with van der Waals surface area (Å²) in [6.07, 6.45) is 1.14. The number of benzene rings is 2. The van der Waals surface area contributed by atoms with Crippen molar-refractivity contribution >= 4 is 0 Å². The lowest BCUT2D eigenvalue weighted by Crippen LogP contribution is -2.17. The predicted octanol–water partition coefficient (Wildman–Crippen LogP) is 6.71. The Kier molecular flexibility index (Phi) is 6.81. The second kappa shape index (κ2) is 8.15. The molecule has 0 heteroatoms. The first-order valence-corrected chi connectivity index (χ1v) is 8.47. The van der Waals surface area contributed by atoms with Crippen molar-refractivity contribution in [3.63, 3.8) is 0 Å². The number of aryl methyl sites for hydroxylation is 4. The molecule has 0 bridgehead atoms. The van der Waals surface area contributed by atoms with Gasteiger partial charge in [0.15, 0.2) is 0 Å². The molecule has 124 valence electrons. The topological polar surface area (TPSA) is 0 Å². The number of rotatable bonds is 3. The van der Waals surface area contributed by atoms with Gasteiger partial charge in [-0.3, -0.25) is 0 Å². The lowest BCUT2D eigenvalue weighted by Gasteiger charge is -2.25. The number of allylic oxidation sites excluding steroid dienone is 1. The van der Waals surface area contributed by atoms with Gasteiger partial charge in [-0.05, 0) is 56.4 Å². The summed E-state index contributed by atoms with van der Waals surface area (Å²) in [5.74, 6) is 0. The maximum absolute atomic E-state index is 4.03. The molecule has 0 aliphatic carbocycles. The molecule has 2 rings (SSSR count). The van der Waals surface area contributed by atoms with Gasteiger partial charge < -0.3 is 0 Å². The molecule has 0 nitrogen and oxygen atoms in total. The number of hydrogen-bond donors (Lipinski definition) is 0. The summed E-state index contributed by atoms with van der Waals surface area (Å²) in [7, 11) is 0. The van der Waals surface area contributed by atoms with Gasteiger partial charge in [-0.15, -0.1) is 0 Å². The van der Waals surface area contributed by atoms with Crippen LogP contribution in [0.1, 0.15) is 55.5 Å². The van der Waals surface area contributed by atoms with Crippen LogP contribution in [-0.2, 0) is 11.8 Å². The van der Waals surface area contributed by atoms with E-state index >= 15 is 0 Å². The van der Waals surface area contributed by atoms with Crippen molar-refractivity contribution in [1.82, 2.24) is 0 Å². The van der Waals surface area contributed by atoms with Gasteiger partial charge in [0, 0.05) is 5.41 Å². The second-order valence-electron chi connectivity index (χ2n) is 7.04. The molecule has 0 radical (unpaired) electrons. The maximum Gasteiger partial charge on any atom is 0.00996 e. The highest BCUT2D eigenvalue weighted by Gasteiger charge is 2.20. The highest BCUT2D eigenvalue weighted by molar-refractivity contribution is 5.34. The van der Waals surface area contributed by atoms with Crippen molar-refractivity contribution < 1.29 is 0 Å². The van der Waals surface area contributed by atoms with E-state index in [9.17, 15) is 0 Å². The van der Waals surface area contributed by atoms with E-state index in [1.807, 2.05) is 0 Å². The third kappa shape index (κ3) is 5.39. The van der Waals surface area contributed by atoms with Gasteiger partial charge in [0.1, 0.15) is 0 Å². The molecule has 0 saturated carbocycles. The van der Waals surface area contributed by atoms with Crippen LogP contribution in [-0.4, -0.2) is 0 Å². The fraction of sp³-hybridized carbons (Fsp3) is 0.391. The Labute approximate surface area is 143 Å². The summed E-state index contributed by atoms with van der Waals surface area (Å²) < 4.78 is 0. The molecule has 0 atom stereocenters. The van der Waals surface area contributed by atoms with Gasteiger partial charge in [0.25, 0.3) is 0 Å². The molecule has 0 aromatic heterocycles. The zero-order valence-electron chi connectivity index (χ0n) is 16.0. The summed E-state index contributed by atoms with van der Waals surface area (Å²) in [5, 5.41) is 0. The molecular weight excluding hydrogens is 276 g/mol. The highest BCUT2D eigenvalue weighted by Crippen LogP contribution is 2.29. The van der Waals surface area contributed by atoms with Crippen molar-refractivity contribution in [3.05, 3.63) is 82.4 Å². The predicted molar refractivity (Wildman–Crippen MR) is 104 cm³/mol. The third-order valence-corrected chi connectivity index (χ3v) is 4.82. The lowest BCUT2D eigenvalue weighted by molar-refractivity contribution is 0.626. The summed E-state index contributed by atoms with van der Waals surface area (Å²) in [6, 6.07) is 15.3. The van der Waals surface area contributed by atoms with Crippen molar-refractivity contribution in [2.75, 3.05) is 0 Å². The Morgan fingerprint density at radius 1 is 0.913 bits per heavy atom. The van der Waals surface area contributed by atoms with Gasteiger partial charge in [0.05, 0.1) is 0 Å². The molecule has 2 aromatic rings. The fourth-order valence-electron chi connectivity index (χ4n) is 2.24. The van der Waals surface area contributed by atoms with Crippen LogP contribution in [0.3, 0.4) is 0 Å². The molecule has 0 fully saturated rings. The Bertz CT molecular complexity index is 642. The van der Waals surface area contributed by atoms with Crippen LogP contribution in [0.2, 0.25) is 0 Å². The second-order valence-corrected chi connectivity index (χ2v) is 7.04. The van der Waals surface area contributed by atoms with E-state index in [1.165, 1.54) is 33.4 Å². The van der Waals surface area contributed by atoms with E-state index in [0.29, 0.717) is 0 Å². The van der Waals surface area contributed by atoms with E-state index in [0.717, 1.165) is 6.42 Å². The minimum atomic E-state index is 0.0910. The van der Waals surface area contributed by atoms with Crippen molar-refractivity contribution in [1.29, 1.82) is 0 Å². The Morgan fingerprint density at radius 3 is 1.91 bits per heavy atom. The van der Waals surface area contributed by atoms with Crippen molar-refractivity contribution in [2.45, 2.75) is 60.3 Å². The minimum Gasteiger partial charge on any atom is -0.0993 e. The average Bonchev–Trinajstić information content (AvgIpc) is 2.51. The fourth-order valence-corrected chi connectivity index (χ4v) is 2.24. The zero-order chi connectivity index (χ0) is 17.6. The Morgan fingerprint density at radius 2 is 1.48 bits per heavy atom. The van der Waals surface area contributed by atoms with Crippen LogP contribution in [0.25, 0.3) is 0 Å². The largest absolute Gasteiger partial charge is 0.0993 e. The quantitative estimate of drug-likeness (QED) is 0.552. The summed E-state index contributed by atoms with van der Waals surface area (Å²) in [6.45, 7) is 19.1. The van der Waals surface area contributed by atoms with Crippen LogP contribution in [0.4, 0.5) is 0 Å². The first kappa shape index (κ1) is 19.2. The van der Waals surface area contributed by atoms with E-state index in [1.54, 1.807) is 0 Å². The Balaban J connectivity index is 0.000000238. The minimum absolute atomic E-state index is 0.0910.